The van der Waals surface area contributed by atoms with Crippen LogP contribution in [0.4, 0.5) is 5.69 Å². The summed E-state index contributed by atoms with van der Waals surface area (Å²) in [6.07, 6.45) is 6.89. The van der Waals surface area contributed by atoms with Gasteiger partial charge in [-0.1, -0.05) is 32.9 Å². The first kappa shape index (κ1) is 32.3. The Bertz CT molecular complexity index is 1490. The molecule has 1 amide bonds. The van der Waals surface area contributed by atoms with Gasteiger partial charge in [-0.3, -0.25) is 9.52 Å². The SMILES string of the molecule is CC(C)(C)[C@H]1CCc2nc3sc(C(=O)N[C@H](CCNC4CCOCC4)c4cccc(NS(C)(=O)=O)c4)cc3cc2C1.N. The summed E-state index contributed by atoms with van der Waals surface area (Å²) in [6.45, 7) is 9.17. The molecule has 3 aromatic rings. The van der Waals surface area contributed by atoms with Crippen molar-refractivity contribution in [2.24, 2.45) is 11.3 Å². The van der Waals surface area contributed by atoms with Crippen LogP contribution in [0.2, 0.25) is 0 Å². The van der Waals surface area contributed by atoms with Crippen LogP contribution in [-0.2, 0) is 27.6 Å². The molecule has 0 saturated carbocycles. The molecule has 2 atom stereocenters. The largest absolute Gasteiger partial charge is 0.381 e. The van der Waals surface area contributed by atoms with E-state index in [0.717, 1.165) is 73.9 Å². The molecule has 1 aliphatic carbocycles. The van der Waals surface area contributed by atoms with Crippen molar-refractivity contribution < 1.29 is 17.9 Å². The molecule has 1 saturated heterocycles. The van der Waals surface area contributed by atoms with Gasteiger partial charge in [0.15, 0.2) is 0 Å². The smallest absolute Gasteiger partial charge is 0.261 e. The fourth-order valence-corrected chi connectivity index (χ4v) is 7.38. The van der Waals surface area contributed by atoms with Crippen molar-refractivity contribution >= 4 is 43.2 Å². The summed E-state index contributed by atoms with van der Waals surface area (Å²) in [5.74, 6) is 0.482. The third-order valence-electron chi connectivity index (χ3n) is 8.31. The van der Waals surface area contributed by atoms with Gasteiger partial charge in [0.25, 0.3) is 5.91 Å². The lowest BCUT2D eigenvalue weighted by Crippen LogP contribution is -2.37. The van der Waals surface area contributed by atoms with Crippen LogP contribution in [0, 0.1) is 11.3 Å². The first-order chi connectivity index (χ1) is 19.4. The Kier molecular flexibility index (Phi) is 10.3. The van der Waals surface area contributed by atoms with E-state index in [4.69, 9.17) is 9.72 Å². The van der Waals surface area contributed by atoms with Gasteiger partial charge in [-0.05, 0) is 91.8 Å². The lowest BCUT2D eigenvalue weighted by Gasteiger charge is -2.34. The van der Waals surface area contributed by atoms with Gasteiger partial charge in [0.05, 0.1) is 17.2 Å². The number of pyridine rings is 1. The molecule has 0 unspecified atom stereocenters. The summed E-state index contributed by atoms with van der Waals surface area (Å²) in [4.78, 5) is 20.1. The normalized spacial score (nSPS) is 18.6. The topological polar surface area (TPSA) is 144 Å². The highest BCUT2D eigenvalue weighted by atomic mass is 32.2. The van der Waals surface area contributed by atoms with E-state index in [1.54, 1.807) is 12.1 Å². The van der Waals surface area contributed by atoms with Crippen molar-refractivity contribution in [3.05, 3.63) is 58.1 Å². The maximum atomic E-state index is 13.6. The van der Waals surface area contributed by atoms with Crippen LogP contribution >= 0.6 is 11.3 Å². The maximum Gasteiger partial charge on any atom is 0.261 e. The lowest BCUT2D eigenvalue weighted by atomic mass is 9.71. The molecule has 42 heavy (non-hydrogen) atoms. The molecule has 6 N–H and O–H groups in total. The first-order valence-corrected chi connectivity index (χ1v) is 17.3. The summed E-state index contributed by atoms with van der Waals surface area (Å²) in [7, 11) is -3.42. The molecule has 9 nitrogen and oxygen atoms in total. The fraction of sp³-hybridized carbons (Fsp3) is 0.548. The van der Waals surface area contributed by atoms with Gasteiger partial charge in [0.2, 0.25) is 10.0 Å². The lowest BCUT2D eigenvalue weighted by molar-refractivity contribution is 0.0777. The van der Waals surface area contributed by atoms with Gasteiger partial charge in [0, 0.05) is 36.0 Å². The Hall–Kier alpha value is -2.57. The number of benzene rings is 1. The predicted octanol–water partition coefficient (Wildman–Crippen LogP) is 5.61. The van der Waals surface area contributed by atoms with Gasteiger partial charge in [-0.2, -0.15) is 0 Å². The highest BCUT2D eigenvalue weighted by Gasteiger charge is 2.30. The number of hydrogen-bond acceptors (Lipinski definition) is 8. The van der Waals surface area contributed by atoms with E-state index in [-0.39, 0.29) is 23.5 Å². The van der Waals surface area contributed by atoms with Gasteiger partial charge in [-0.15, -0.1) is 11.3 Å². The van der Waals surface area contributed by atoms with Crippen LogP contribution in [-0.4, -0.2) is 51.4 Å². The Morgan fingerprint density at radius 2 is 1.90 bits per heavy atom. The summed E-state index contributed by atoms with van der Waals surface area (Å²) in [6, 6.07) is 11.6. The molecule has 230 valence electrons. The molecule has 3 heterocycles. The van der Waals surface area contributed by atoms with Gasteiger partial charge in [-0.25, -0.2) is 13.4 Å². The number of ether oxygens (including phenoxy) is 1. The molecule has 5 rings (SSSR count). The Morgan fingerprint density at radius 3 is 2.62 bits per heavy atom. The van der Waals surface area contributed by atoms with Crippen molar-refractivity contribution in [1.82, 2.24) is 21.8 Å². The third-order valence-corrected chi connectivity index (χ3v) is 9.96. The summed E-state index contributed by atoms with van der Waals surface area (Å²) in [5.41, 5.74) is 4.06. The van der Waals surface area contributed by atoms with E-state index in [1.165, 1.54) is 22.6 Å². The zero-order valence-electron chi connectivity index (χ0n) is 25.2. The molecule has 1 aromatic carbocycles. The van der Waals surface area contributed by atoms with Crippen LogP contribution < -0.4 is 21.5 Å². The number of hydrogen-bond donors (Lipinski definition) is 4. The first-order valence-electron chi connectivity index (χ1n) is 14.6. The molecular formula is C31H45N5O4S2. The monoisotopic (exact) mass is 615 g/mol. The average molecular weight is 616 g/mol. The van der Waals surface area contributed by atoms with Gasteiger partial charge >= 0.3 is 0 Å². The number of nitrogens with zero attached hydrogens (tertiary/aromatic N) is 1. The summed E-state index contributed by atoms with van der Waals surface area (Å²) >= 11 is 1.43. The molecule has 2 aliphatic rings. The van der Waals surface area contributed by atoms with E-state index in [1.807, 2.05) is 18.2 Å². The fourth-order valence-electron chi connectivity index (χ4n) is 5.89. The molecule has 0 bridgehead atoms. The van der Waals surface area contributed by atoms with Crippen molar-refractivity contribution in [3.63, 3.8) is 0 Å². The molecule has 1 fully saturated rings. The molecule has 11 heteroatoms. The molecule has 2 aromatic heterocycles. The van der Waals surface area contributed by atoms with E-state index in [9.17, 15) is 13.2 Å². The Balaban J connectivity index is 0.00000405. The number of thiophene rings is 1. The highest BCUT2D eigenvalue weighted by molar-refractivity contribution is 7.92. The predicted molar refractivity (Wildman–Crippen MR) is 171 cm³/mol. The number of carbonyl (C=O) groups excluding carboxylic acids is 1. The van der Waals surface area contributed by atoms with E-state index >= 15 is 0 Å². The quantitative estimate of drug-likeness (QED) is 0.245. The molecule has 0 radical (unpaired) electrons. The van der Waals surface area contributed by atoms with Crippen molar-refractivity contribution in [2.75, 3.05) is 30.7 Å². The number of amides is 1. The molecular weight excluding hydrogens is 571 g/mol. The number of sulfonamides is 1. The number of nitrogens with one attached hydrogen (secondary N) is 3. The number of aryl methyl sites for hydroxylation is 1. The van der Waals surface area contributed by atoms with Crippen molar-refractivity contribution in [1.29, 1.82) is 0 Å². The number of aromatic nitrogens is 1. The van der Waals surface area contributed by atoms with Crippen LogP contribution in [0.1, 0.15) is 79.0 Å². The minimum atomic E-state index is -3.42. The third kappa shape index (κ3) is 8.29. The van der Waals surface area contributed by atoms with E-state index < -0.39 is 10.0 Å². The number of rotatable bonds is 9. The highest BCUT2D eigenvalue weighted by Crippen LogP contribution is 2.38. The van der Waals surface area contributed by atoms with Crippen molar-refractivity contribution in [3.8, 4) is 0 Å². The van der Waals surface area contributed by atoms with Crippen LogP contribution in [0.15, 0.2) is 36.4 Å². The van der Waals surface area contributed by atoms with Crippen molar-refractivity contribution in [2.45, 2.75) is 71.4 Å². The minimum Gasteiger partial charge on any atom is -0.381 e. The maximum absolute atomic E-state index is 13.6. The number of anilines is 1. The van der Waals surface area contributed by atoms with Gasteiger partial charge in [0.1, 0.15) is 4.83 Å². The van der Waals surface area contributed by atoms with Gasteiger partial charge < -0.3 is 21.5 Å². The average Bonchev–Trinajstić information content (AvgIpc) is 3.33. The summed E-state index contributed by atoms with van der Waals surface area (Å²) in [5, 5.41) is 7.86. The second-order valence-corrected chi connectivity index (χ2v) is 15.3. The summed E-state index contributed by atoms with van der Waals surface area (Å²) < 4.78 is 31.7. The zero-order valence-corrected chi connectivity index (χ0v) is 26.8. The number of fused-ring (bicyclic) bond motifs is 2. The minimum absolute atomic E-state index is 0. The molecule has 1 aliphatic heterocycles. The Labute approximate surface area is 253 Å². The second kappa shape index (κ2) is 13.4. The van der Waals surface area contributed by atoms with Crippen LogP contribution in [0.25, 0.3) is 10.2 Å². The second-order valence-electron chi connectivity index (χ2n) is 12.6. The standard InChI is InChI=1S/C31H42N4O4S2.H3N/c1-31(2,3)23-8-9-26-21(17-23)16-22-19-28(40-30(22)34-26)29(36)33-27(10-13-32-24-11-14-39-15-12-24)20-6-5-7-25(18-20)35-41(4,37)38;/h5-7,16,18-19,23-24,27,32,35H,8-15,17H2,1-4H3,(H,33,36);1H3/t23-,27+;/m0./s1. The molecule has 0 spiro atoms. The van der Waals surface area contributed by atoms with Crippen LogP contribution in [0.5, 0.6) is 0 Å². The van der Waals surface area contributed by atoms with E-state index in [2.05, 4.69) is 42.2 Å². The van der Waals surface area contributed by atoms with E-state index in [0.29, 0.717) is 28.9 Å². The van der Waals surface area contributed by atoms with Crippen LogP contribution in [0.3, 0.4) is 0 Å². The zero-order chi connectivity index (χ0) is 29.2. The Morgan fingerprint density at radius 1 is 1.14 bits per heavy atom. The number of carbonyl (C=O) groups is 1.